The van der Waals surface area contributed by atoms with Crippen LogP contribution >= 0.6 is 15.9 Å². The van der Waals surface area contributed by atoms with Crippen molar-refractivity contribution < 1.29 is 9.47 Å². The Balaban J connectivity index is 2.06. The summed E-state index contributed by atoms with van der Waals surface area (Å²) >= 11 is 3.53. The molecular weight excluding hydrogens is 322 g/mol. The molecule has 2 rings (SSSR count). The summed E-state index contributed by atoms with van der Waals surface area (Å²) in [6, 6.07) is 5.90. The highest BCUT2D eigenvalue weighted by Gasteiger charge is 2.11. The molecule has 0 fully saturated rings. The molecule has 0 atom stereocenters. The Kier molecular flexibility index (Phi) is 5.43. The van der Waals surface area contributed by atoms with Crippen LogP contribution in [0.15, 0.2) is 35.1 Å². The molecule has 0 spiro atoms. The molecule has 0 saturated heterocycles. The molecule has 1 aromatic carbocycles. The van der Waals surface area contributed by atoms with Gasteiger partial charge >= 0.3 is 0 Å². The number of aromatic nitrogens is 2. The van der Waals surface area contributed by atoms with Crippen LogP contribution < -0.4 is 14.8 Å². The van der Waals surface area contributed by atoms with Crippen molar-refractivity contribution in [3.8, 4) is 11.5 Å². The molecule has 1 N–H and O–H groups in total. The summed E-state index contributed by atoms with van der Waals surface area (Å²) in [4.78, 5) is 0. The van der Waals surface area contributed by atoms with Crippen LogP contribution in [0.5, 0.6) is 11.5 Å². The van der Waals surface area contributed by atoms with E-state index in [2.05, 4.69) is 26.3 Å². The topological polar surface area (TPSA) is 48.3 Å². The van der Waals surface area contributed by atoms with Crippen LogP contribution in [0.1, 0.15) is 5.56 Å². The van der Waals surface area contributed by atoms with Crippen LogP contribution in [0, 0.1) is 0 Å². The van der Waals surface area contributed by atoms with Gasteiger partial charge in [-0.2, -0.15) is 5.10 Å². The van der Waals surface area contributed by atoms with Crippen molar-refractivity contribution in [3.05, 3.63) is 40.6 Å². The van der Waals surface area contributed by atoms with Crippen LogP contribution in [-0.4, -0.2) is 30.5 Å². The first kappa shape index (κ1) is 14.9. The maximum absolute atomic E-state index is 5.81. The monoisotopic (exact) mass is 339 g/mol. The van der Waals surface area contributed by atoms with Crippen LogP contribution in [0.25, 0.3) is 0 Å². The number of nitrogens with zero attached hydrogens (tertiary/aromatic N) is 2. The second-order valence-corrected chi connectivity index (χ2v) is 5.11. The van der Waals surface area contributed by atoms with Gasteiger partial charge in [-0.1, -0.05) is 0 Å². The van der Waals surface area contributed by atoms with E-state index in [-0.39, 0.29) is 0 Å². The molecule has 5 nitrogen and oxygen atoms in total. The Morgan fingerprint density at radius 3 is 2.90 bits per heavy atom. The van der Waals surface area contributed by atoms with E-state index in [4.69, 9.17) is 9.47 Å². The predicted octanol–water partition coefficient (Wildman–Crippen LogP) is 2.45. The lowest BCUT2D eigenvalue weighted by Gasteiger charge is -2.14. The normalized spacial score (nSPS) is 10.6. The van der Waals surface area contributed by atoms with Gasteiger partial charge in [-0.3, -0.25) is 4.68 Å². The number of hydrogen-bond acceptors (Lipinski definition) is 4. The molecule has 1 aromatic heterocycles. The fraction of sp³-hybridized carbons (Fsp3) is 0.357. The minimum Gasteiger partial charge on any atom is -0.493 e. The third-order valence-corrected chi connectivity index (χ3v) is 3.39. The Morgan fingerprint density at radius 1 is 1.40 bits per heavy atom. The fourth-order valence-corrected chi connectivity index (χ4v) is 2.50. The molecule has 0 aliphatic carbocycles. The zero-order chi connectivity index (χ0) is 14.4. The molecule has 20 heavy (non-hydrogen) atoms. The highest BCUT2D eigenvalue weighted by Crippen LogP contribution is 2.36. The Bertz CT molecular complexity index is 544. The van der Waals surface area contributed by atoms with Crippen LogP contribution in [0.2, 0.25) is 0 Å². The van der Waals surface area contributed by atoms with Gasteiger partial charge in [0.05, 0.1) is 18.1 Å². The lowest BCUT2D eigenvalue weighted by molar-refractivity contribution is 0.272. The third kappa shape index (κ3) is 3.74. The summed E-state index contributed by atoms with van der Waals surface area (Å²) in [5.41, 5.74) is 1.13. The summed E-state index contributed by atoms with van der Waals surface area (Å²) < 4.78 is 13.9. The molecule has 0 saturated carbocycles. The first-order valence-corrected chi connectivity index (χ1v) is 7.15. The van der Waals surface area contributed by atoms with Crippen molar-refractivity contribution in [3.63, 3.8) is 0 Å². The number of ether oxygens (including phenoxy) is 2. The average molecular weight is 340 g/mol. The van der Waals surface area contributed by atoms with Gasteiger partial charge < -0.3 is 14.8 Å². The minimum atomic E-state index is 0.530. The summed E-state index contributed by atoms with van der Waals surface area (Å²) in [5.74, 6) is 1.45. The van der Waals surface area contributed by atoms with E-state index < -0.39 is 0 Å². The fourth-order valence-electron chi connectivity index (χ4n) is 1.89. The van der Waals surface area contributed by atoms with Crippen LogP contribution in [0.4, 0.5) is 0 Å². The number of hydrogen-bond donors (Lipinski definition) is 1. The lowest BCUT2D eigenvalue weighted by atomic mass is 10.2. The van der Waals surface area contributed by atoms with E-state index in [1.165, 1.54) is 0 Å². The van der Waals surface area contributed by atoms with Crippen molar-refractivity contribution in [2.75, 3.05) is 20.8 Å². The van der Waals surface area contributed by atoms with Crippen molar-refractivity contribution in [1.29, 1.82) is 0 Å². The van der Waals surface area contributed by atoms with Gasteiger partial charge in [-0.25, -0.2) is 0 Å². The zero-order valence-corrected chi connectivity index (χ0v) is 13.2. The average Bonchev–Trinajstić information content (AvgIpc) is 2.94. The highest BCUT2D eigenvalue weighted by atomic mass is 79.9. The van der Waals surface area contributed by atoms with Crippen molar-refractivity contribution in [2.45, 2.75) is 13.1 Å². The van der Waals surface area contributed by atoms with Crippen molar-refractivity contribution in [2.24, 2.45) is 0 Å². The minimum absolute atomic E-state index is 0.530. The van der Waals surface area contributed by atoms with E-state index in [1.54, 1.807) is 13.3 Å². The molecule has 0 aliphatic rings. The van der Waals surface area contributed by atoms with E-state index in [1.807, 2.05) is 36.1 Å². The van der Waals surface area contributed by atoms with Gasteiger partial charge in [0.15, 0.2) is 11.5 Å². The van der Waals surface area contributed by atoms with Gasteiger partial charge in [-0.15, -0.1) is 0 Å². The molecule has 0 aliphatic heterocycles. The Hall–Kier alpha value is -1.53. The van der Waals surface area contributed by atoms with E-state index in [9.17, 15) is 0 Å². The number of methoxy groups -OCH3 is 1. The molecule has 0 amide bonds. The molecule has 108 valence electrons. The lowest BCUT2D eigenvalue weighted by Crippen LogP contribution is -2.10. The van der Waals surface area contributed by atoms with Gasteiger partial charge in [-0.05, 0) is 46.7 Å². The first-order valence-electron chi connectivity index (χ1n) is 6.36. The standard InChI is InChI=1S/C14H18BrN3O2/c1-16-10-11-8-12(15)14(13(9-11)19-2)20-7-6-18-5-3-4-17-18/h3-5,8-9,16H,6-7,10H2,1-2H3. The number of rotatable bonds is 7. The number of nitrogens with one attached hydrogen (secondary N) is 1. The summed E-state index contributed by atoms with van der Waals surface area (Å²) in [7, 11) is 3.56. The molecular formula is C14H18BrN3O2. The van der Waals surface area contributed by atoms with E-state index in [0.717, 1.165) is 28.1 Å². The third-order valence-electron chi connectivity index (χ3n) is 2.80. The predicted molar refractivity (Wildman–Crippen MR) is 81.2 cm³/mol. The second kappa shape index (κ2) is 7.31. The van der Waals surface area contributed by atoms with E-state index >= 15 is 0 Å². The quantitative estimate of drug-likeness (QED) is 0.841. The highest BCUT2D eigenvalue weighted by molar-refractivity contribution is 9.10. The Labute approximate surface area is 127 Å². The maximum Gasteiger partial charge on any atom is 0.175 e. The molecule has 0 unspecified atom stereocenters. The molecule has 0 radical (unpaired) electrons. The molecule has 0 bridgehead atoms. The van der Waals surface area contributed by atoms with Crippen molar-refractivity contribution in [1.82, 2.24) is 15.1 Å². The van der Waals surface area contributed by atoms with Gasteiger partial charge in [0.1, 0.15) is 6.61 Å². The number of benzene rings is 1. The van der Waals surface area contributed by atoms with Crippen molar-refractivity contribution >= 4 is 15.9 Å². The second-order valence-electron chi connectivity index (χ2n) is 4.26. The summed E-state index contributed by atoms with van der Waals surface area (Å²) in [6.45, 7) is 2.01. The molecule has 1 heterocycles. The summed E-state index contributed by atoms with van der Waals surface area (Å²) in [5, 5.41) is 7.25. The largest absolute Gasteiger partial charge is 0.493 e. The zero-order valence-electron chi connectivity index (χ0n) is 11.6. The smallest absolute Gasteiger partial charge is 0.175 e. The summed E-state index contributed by atoms with van der Waals surface area (Å²) in [6.07, 6.45) is 3.66. The Morgan fingerprint density at radius 2 is 2.25 bits per heavy atom. The molecule has 2 aromatic rings. The van der Waals surface area contributed by atoms with E-state index in [0.29, 0.717) is 13.2 Å². The van der Waals surface area contributed by atoms with Crippen LogP contribution in [-0.2, 0) is 13.1 Å². The first-order chi connectivity index (χ1) is 9.74. The SMILES string of the molecule is CNCc1cc(Br)c(OCCn2cccn2)c(OC)c1. The maximum atomic E-state index is 5.81. The van der Waals surface area contributed by atoms with Gasteiger partial charge in [0.2, 0.25) is 0 Å². The van der Waals surface area contributed by atoms with Gasteiger partial charge in [0.25, 0.3) is 0 Å². The molecule has 6 heteroatoms. The number of halogens is 1. The van der Waals surface area contributed by atoms with Gasteiger partial charge in [0, 0.05) is 18.9 Å². The van der Waals surface area contributed by atoms with Crippen LogP contribution in [0.3, 0.4) is 0 Å².